The number of para-hydroxylation sites is 1. The first kappa shape index (κ1) is 27.7. The van der Waals surface area contributed by atoms with Gasteiger partial charge in [-0.15, -0.1) is 0 Å². The van der Waals surface area contributed by atoms with Crippen molar-refractivity contribution in [1.82, 2.24) is 4.98 Å². The molecular formula is C35H28N2O6S. The number of thiazole rings is 1. The number of aromatic nitrogens is 1. The van der Waals surface area contributed by atoms with E-state index in [9.17, 15) is 14.7 Å². The van der Waals surface area contributed by atoms with Crippen molar-refractivity contribution in [1.29, 1.82) is 0 Å². The van der Waals surface area contributed by atoms with Gasteiger partial charge in [0.2, 0.25) is 0 Å². The van der Waals surface area contributed by atoms with Crippen LogP contribution in [0.1, 0.15) is 36.6 Å². The van der Waals surface area contributed by atoms with E-state index in [0.29, 0.717) is 52.1 Å². The Morgan fingerprint density at radius 3 is 2.61 bits per heavy atom. The van der Waals surface area contributed by atoms with Gasteiger partial charge in [-0.2, -0.15) is 0 Å². The second-order valence-corrected chi connectivity index (χ2v) is 11.7. The zero-order valence-corrected chi connectivity index (χ0v) is 24.8. The van der Waals surface area contributed by atoms with Gasteiger partial charge in [-0.1, -0.05) is 41.7 Å². The molecule has 1 N–H and O–H groups in total. The van der Waals surface area contributed by atoms with Crippen LogP contribution in [0.5, 0.6) is 23.0 Å². The van der Waals surface area contributed by atoms with Crippen LogP contribution < -0.4 is 19.1 Å². The number of hydrogen-bond acceptors (Lipinski definition) is 8. The van der Waals surface area contributed by atoms with Gasteiger partial charge in [0.1, 0.15) is 34.9 Å². The molecule has 1 amide bonds. The molecule has 1 fully saturated rings. The maximum Gasteiger partial charge on any atom is 0.301 e. The molecule has 0 aliphatic carbocycles. The highest BCUT2D eigenvalue weighted by Gasteiger charge is 2.48. The highest BCUT2D eigenvalue weighted by atomic mass is 32.1. The molecule has 5 aromatic rings. The van der Waals surface area contributed by atoms with E-state index in [0.717, 1.165) is 16.0 Å². The fraction of sp³-hybridized carbons (Fsp3) is 0.171. The molecule has 0 bridgehead atoms. The number of amides is 1. The Morgan fingerprint density at radius 1 is 0.977 bits per heavy atom. The molecule has 3 heterocycles. The van der Waals surface area contributed by atoms with Gasteiger partial charge >= 0.3 is 5.91 Å². The maximum absolute atomic E-state index is 13.8. The Kier molecular flexibility index (Phi) is 7.02. The van der Waals surface area contributed by atoms with Crippen LogP contribution in [0, 0.1) is 0 Å². The van der Waals surface area contributed by atoms with Gasteiger partial charge in [0.15, 0.2) is 5.13 Å². The minimum Gasteiger partial charge on any atom is -0.507 e. The van der Waals surface area contributed by atoms with Gasteiger partial charge in [0.05, 0.1) is 28.4 Å². The Bertz CT molecular complexity index is 1950. The lowest BCUT2D eigenvalue weighted by Crippen LogP contribution is -2.29. The molecule has 7 rings (SSSR count). The highest BCUT2D eigenvalue weighted by Crippen LogP contribution is 2.46. The predicted octanol–water partition coefficient (Wildman–Crippen LogP) is 7.44. The van der Waals surface area contributed by atoms with Gasteiger partial charge < -0.3 is 19.3 Å². The minimum atomic E-state index is -0.954. The number of benzene rings is 4. The van der Waals surface area contributed by atoms with Crippen molar-refractivity contribution in [3.05, 3.63) is 113 Å². The molecule has 2 aliphatic heterocycles. The number of rotatable bonds is 7. The number of carbonyl (C=O) groups excluding carboxylic acids is 2. The third-order valence-corrected chi connectivity index (χ3v) is 8.65. The van der Waals surface area contributed by atoms with Crippen LogP contribution in [0.3, 0.4) is 0 Å². The van der Waals surface area contributed by atoms with Crippen molar-refractivity contribution in [3.8, 4) is 23.0 Å². The van der Waals surface area contributed by atoms with Crippen LogP contribution in [0.15, 0.2) is 96.6 Å². The van der Waals surface area contributed by atoms with Crippen molar-refractivity contribution in [3.63, 3.8) is 0 Å². The summed E-state index contributed by atoms with van der Waals surface area (Å²) in [7, 11) is 0. The summed E-state index contributed by atoms with van der Waals surface area (Å²) < 4.78 is 18.4. The Morgan fingerprint density at radius 2 is 1.80 bits per heavy atom. The largest absolute Gasteiger partial charge is 0.507 e. The van der Waals surface area contributed by atoms with Gasteiger partial charge in [-0.25, -0.2) is 4.98 Å². The van der Waals surface area contributed by atoms with E-state index in [1.165, 1.54) is 16.2 Å². The summed E-state index contributed by atoms with van der Waals surface area (Å²) in [6, 6.07) is 26.4. The number of aliphatic hydroxyl groups is 1. The van der Waals surface area contributed by atoms with Gasteiger partial charge in [-0.3, -0.25) is 14.5 Å². The number of carbonyl (C=O) groups is 2. The Labute approximate surface area is 257 Å². The van der Waals surface area contributed by atoms with E-state index in [-0.39, 0.29) is 17.4 Å². The van der Waals surface area contributed by atoms with Gasteiger partial charge in [-0.05, 0) is 85.6 Å². The number of nitrogens with zero attached hydrogens (tertiary/aromatic N) is 2. The van der Waals surface area contributed by atoms with E-state index in [1.807, 2.05) is 74.5 Å². The van der Waals surface area contributed by atoms with Crippen LogP contribution in [-0.2, 0) is 16.0 Å². The van der Waals surface area contributed by atoms with E-state index >= 15 is 0 Å². The van der Waals surface area contributed by atoms with Crippen molar-refractivity contribution < 1.29 is 28.9 Å². The second kappa shape index (κ2) is 11.2. The first-order valence-electron chi connectivity index (χ1n) is 14.4. The third kappa shape index (κ3) is 4.95. The molecule has 0 unspecified atom stereocenters. The molecule has 0 saturated carbocycles. The van der Waals surface area contributed by atoms with Crippen molar-refractivity contribution in [2.75, 3.05) is 11.5 Å². The summed E-state index contributed by atoms with van der Waals surface area (Å²) in [6.07, 6.45) is 0.699. The lowest BCUT2D eigenvalue weighted by molar-refractivity contribution is -0.132. The molecule has 4 aromatic carbocycles. The van der Waals surface area contributed by atoms with Crippen molar-refractivity contribution >= 4 is 44.1 Å². The standard InChI is InChI=1S/C35H28N2O6S/c1-3-41-25-13-14-27-29(19-25)44-35(36-27)37-31(21-8-7-11-26(18-21)43-24-9-5-4-6-10-24)30(33(39)34(37)40)32(38)22-12-15-28-23(17-22)16-20(2)42-28/h4-15,17-20,31,38H,3,16H2,1-2H3/t20-,31+/m1/s1. The van der Waals surface area contributed by atoms with Crippen LogP contribution in [0.4, 0.5) is 5.13 Å². The smallest absolute Gasteiger partial charge is 0.301 e. The Hall–Kier alpha value is -5.15. The number of aliphatic hydroxyl groups excluding tert-OH is 1. The average molecular weight is 605 g/mol. The molecule has 2 atom stereocenters. The third-order valence-electron chi connectivity index (χ3n) is 7.63. The fourth-order valence-corrected chi connectivity index (χ4v) is 6.72. The lowest BCUT2D eigenvalue weighted by atomic mass is 9.94. The summed E-state index contributed by atoms with van der Waals surface area (Å²) in [4.78, 5) is 33.7. The van der Waals surface area contributed by atoms with Crippen LogP contribution in [0.2, 0.25) is 0 Å². The van der Waals surface area contributed by atoms with Crippen LogP contribution in [0.25, 0.3) is 16.0 Å². The normalized spacial score (nSPS) is 18.8. The SMILES string of the molecule is CCOc1ccc2nc(N3C(=O)C(=O)C(=C(O)c4ccc5c(c4)C[C@@H](C)O5)[C@@H]3c3cccc(Oc4ccccc4)c3)sc2c1. The second-order valence-electron chi connectivity index (χ2n) is 10.7. The molecule has 44 heavy (non-hydrogen) atoms. The van der Waals surface area contributed by atoms with E-state index < -0.39 is 17.7 Å². The molecule has 1 saturated heterocycles. The number of ether oxygens (including phenoxy) is 3. The topological polar surface area (TPSA) is 98.2 Å². The van der Waals surface area contributed by atoms with Gasteiger partial charge in [0.25, 0.3) is 5.78 Å². The first-order chi connectivity index (χ1) is 21.4. The minimum absolute atomic E-state index is 0.0163. The molecular weight excluding hydrogens is 576 g/mol. The van der Waals surface area contributed by atoms with E-state index in [1.54, 1.807) is 30.3 Å². The predicted molar refractivity (Wildman–Crippen MR) is 169 cm³/mol. The number of fused-ring (bicyclic) bond motifs is 2. The van der Waals surface area contributed by atoms with Gasteiger partial charge in [0, 0.05) is 12.0 Å². The molecule has 8 nitrogen and oxygen atoms in total. The lowest BCUT2D eigenvalue weighted by Gasteiger charge is -2.23. The van der Waals surface area contributed by atoms with E-state index in [4.69, 9.17) is 19.2 Å². The summed E-state index contributed by atoms with van der Waals surface area (Å²) in [5.74, 6) is 0.784. The van der Waals surface area contributed by atoms with Crippen molar-refractivity contribution in [2.24, 2.45) is 0 Å². The van der Waals surface area contributed by atoms with E-state index in [2.05, 4.69) is 0 Å². The van der Waals surface area contributed by atoms with Crippen molar-refractivity contribution in [2.45, 2.75) is 32.4 Å². The van der Waals surface area contributed by atoms with Crippen LogP contribution in [-0.4, -0.2) is 34.5 Å². The molecule has 2 aliphatic rings. The summed E-state index contributed by atoms with van der Waals surface area (Å²) >= 11 is 1.28. The zero-order valence-electron chi connectivity index (χ0n) is 24.0. The number of Topliss-reactive ketones (excluding diaryl/α,β-unsaturated/α-hetero) is 1. The summed E-state index contributed by atoms with van der Waals surface area (Å²) in [5.41, 5.74) is 2.61. The molecule has 220 valence electrons. The monoisotopic (exact) mass is 604 g/mol. The quantitative estimate of drug-likeness (QED) is 0.117. The number of hydrogen-bond donors (Lipinski definition) is 1. The average Bonchev–Trinajstić information content (AvgIpc) is 3.69. The number of anilines is 1. The summed E-state index contributed by atoms with van der Waals surface area (Å²) in [5, 5.41) is 12.1. The zero-order chi connectivity index (χ0) is 30.4. The number of ketones is 1. The first-order valence-corrected chi connectivity index (χ1v) is 15.2. The van der Waals surface area contributed by atoms with Crippen LogP contribution >= 0.6 is 11.3 Å². The molecule has 0 radical (unpaired) electrons. The fourth-order valence-electron chi connectivity index (χ4n) is 5.70. The Balaban J connectivity index is 1.37. The molecule has 9 heteroatoms. The maximum atomic E-state index is 13.8. The molecule has 0 spiro atoms. The summed E-state index contributed by atoms with van der Waals surface area (Å²) in [6.45, 7) is 4.40. The molecule has 1 aromatic heterocycles. The highest BCUT2D eigenvalue weighted by molar-refractivity contribution is 7.22.